The Kier molecular flexibility index (Phi) is 4.63. The summed E-state index contributed by atoms with van der Waals surface area (Å²) in [5.74, 6) is -0.114. The van der Waals surface area contributed by atoms with Crippen molar-refractivity contribution in [2.24, 2.45) is 0 Å². The summed E-state index contributed by atoms with van der Waals surface area (Å²) >= 11 is 5.31. The average Bonchev–Trinajstić information content (AvgIpc) is 3.34. The van der Waals surface area contributed by atoms with Gasteiger partial charge in [-0.05, 0) is 51.2 Å². The van der Waals surface area contributed by atoms with Gasteiger partial charge in [-0.1, -0.05) is 18.2 Å². The van der Waals surface area contributed by atoms with Crippen LogP contribution in [0.15, 0.2) is 36.5 Å². The quantitative estimate of drug-likeness (QED) is 0.801. The van der Waals surface area contributed by atoms with E-state index in [0.29, 0.717) is 29.1 Å². The van der Waals surface area contributed by atoms with Gasteiger partial charge < -0.3 is 10.3 Å². The second-order valence-electron chi connectivity index (χ2n) is 6.11. The van der Waals surface area contributed by atoms with E-state index < -0.39 is 0 Å². The normalized spacial score (nSPS) is 15.6. The highest BCUT2D eigenvalue weighted by molar-refractivity contribution is 7.71. The minimum atomic E-state index is -0.114. The maximum Gasteiger partial charge on any atom is 0.269 e. The Morgan fingerprint density at radius 3 is 2.78 bits per heavy atom. The number of aromatic amines is 1. The van der Waals surface area contributed by atoms with Crippen LogP contribution >= 0.6 is 12.2 Å². The minimum absolute atomic E-state index is 0.114. The van der Waals surface area contributed by atoms with Crippen molar-refractivity contribution in [1.29, 1.82) is 0 Å². The van der Waals surface area contributed by atoms with Crippen molar-refractivity contribution in [3.8, 4) is 5.69 Å². The van der Waals surface area contributed by atoms with E-state index in [2.05, 4.69) is 29.2 Å². The minimum Gasteiger partial charge on any atom is -0.349 e. The number of H-pyrrole nitrogens is 1. The van der Waals surface area contributed by atoms with E-state index in [-0.39, 0.29) is 5.91 Å². The Morgan fingerprint density at radius 2 is 2.13 bits per heavy atom. The summed E-state index contributed by atoms with van der Waals surface area (Å²) in [7, 11) is 2.12. The molecule has 0 radical (unpaired) electrons. The van der Waals surface area contributed by atoms with E-state index in [4.69, 9.17) is 12.2 Å². The van der Waals surface area contributed by atoms with Crippen molar-refractivity contribution in [2.75, 3.05) is 13.6 Å². The van der Waals surface area contributed by atoms with Crippen LogP contribution in [0.1, 0.15) is 30.3 Å². The second kappa shape index (κ2) is 6.68. The zero-order valence-corrected chi connectivity index (χ0v) is 14.3. The molecule has 1 atom stereocenters. The number of hydrogen-bond acceptors (Lipinski definition) is 3. The fraction of sp³-hybridized carbons (Fsp3) is 0.412. The number of benzene rings is 1. The van der Waals surface area contributed by atoms with Crippen LogP contribution in [-0.2, 0) is 0 Å². The van der Waals surface area contributed by atoms with Crippen LogP contribution in [0.4, 0.5) is 0 Å². The highest BCUT2D eigenvalue weighted by atomic mass is 32.1. The van der Waals surface area contributed by atoms with Crippen LogP contribution in [0.25, 0.3) is 5.69 Å². The van der Waals surface area contributed by atoms with E-state index in [1.165, 1.54) is 12.8 Å². The number of carbonyl (C=O) groups is 1. The third kappa shape index (κ3) is 3.54. The second-order valence-corrected chi connectivity index (χ2v) is 6.49. The number of nitrogens with zero attached hydrogens (tertiary/aromatic N) is 2. The van der Waals surface area contributed by atoms with Gasteiger partial charge in [0.2, 0.25) is 0 Å². The number of likely N-dealkylation sites (N-methyl/N-ethyl adjacent to an activating group) is 1. The number of nitrogens with one attached hydrogen (secondary N) is 2. The molecule has 2 N–H and O–H groups in total. The first kappa shape index (κ1) is 16.0. The monoisotopic (exact) mass is 330 g/mol. The van der Waals surface area contributed by atoms with Gasteiger partial charge in [-0.25, -0.2) is 0 Å². The smallest absolute Gasteiger partial charge is 0.269 e. The summed E-state index contributed by atoms with van der Waals surface area (Å²) < 4.78 is 2.28. The standard InChI is InChI=1S/C17H22N4OS/c1-12(20(2)13-8-9-13)10-18-16(22)15-11-19-17(23)21(15)14-6-4-3-5-7-14/h3-7,11-13H,8-10H2,1-2H3,(H,18,22)(H,19,23)/t12-/m1/s1. The van der Waals surface area contributed by atoms with Gasteiger partial charge in [0.25, 0.3) is 5.91 Å². The van der Waals surface area contributed by atoms with E-state index in [9.17, 15) is 4.79 Å². The molecular weight excluding hydrogens is 308 g/mol. The number of para-hydroxylation sites is 1. The summed E-state index contributed by atoms with van der Waals surface area (Å²) in [6.45, 7) is 2.76. The number of carbonyl (C=O) groups excluding carboxylic acids is 1. The molecule has 23 heavy (non-hydrogen) atoms. The van der Waals surface area contributed by atoms with Crippen LogP contribution in [0, 0.1) is 4.77 Å². The Morgan fingerprint density at radius 1 is 1.43 bits per heavy atom. The number of hydrogen-bond donors (Lipinski definition) is 2. The lowest BCUT2D eigenvalue weighted by Crippen LogP contribution is -2.41. The largest absolute Gasteiger partial charge is 0.349 e. The first-order valence-electron chi connectivity index (χ1n) is 7.94. The van der Waals surface area contributed by atoms with E-state index in [1.54, 1.807) is 10.8 Å². The van der Waals surface area contributed by atoms with Crippen molar-refractivity contribution >= 4 is 18.1 Å². The molecule has 1 amide bonds. The van der Waals surface area contributed by atoms with Gasteiger partial charge in [-0.2, -0.15) is 0 Å². The molecule has 0 unspecified atom stereocenters. The molecule has 5 nitrogen and oxygen atoms in total. The topological polar surface area (TPSA) is 53.1 Å². The fourth-order valence-corrected chi connectivity index (χ4v) is 2.95. The molecule has 0 bridgehead atoms. The summed E-state index contributed by atoms with van der Waals surface area (Å²) in [5, 5.41) is 3.02. The molecule has 0 aliphatic heterocycles. The molecule has 0 spiro atoms. The van der Waals surface area contributed by atoms with Crippen LogP contribution in [0.2, 0.25) is 0 Å². The van der Waals surface area contributed by atoms with Crippen molar-refractivity contribution in [3.05, 3.63) is 47.0 Å². The summed E-state index contributed by atoms with van der Waals surface area (Å²) in [4.78, 5) is 17.8. The molecule has 0 saturated heterocycles. The Hall–Kier alpha value is -1.92. The van der Waals surface area contributed by atoms with Crippen molar-refractivity contribution in [2.45, 2.75) is 31.8 Å². The van der Waals surface area contributed by atoms with Gasteiger partial charge in [0.1, 0.15) is 5.69 Å². The van der Waals surface area contributed by atoms with Gasteiger partial charge in [0, 0.05) is 30.5 Å². The van der Waals surface area contributed by atoms with E-state index in [1.807, 2.05) is 30.3 Å². The summed E-state index contributed by atoms with van der Waals surface area (Å²) in [5.41, 5.74) is 1.41. The molecule has 3 rings (SSSR count). The Labute approximate surface area is 141 Å². The molecule has 6 heteroatoms. The first-order valence-corrected chi connectivity index (χ1v) is 8.34. The third-order valence-electron chi connectivity index (χ3n) is 4.40. The molecule has 1 aliphatic rings. The maximum absolute atomic E-state index is 12.5. The van der Waals surface area contributed by atoms with E-state index in [0.717, 1.165) is 5.69 Å². The SMILES string of the molecule is C[C@H](CNC(=O)c1c[nH]c(=S)n1-c1ccccc1)N(C)C1CC1. The summed E-state index contributed by atoms with van der Waals surface area (Å²) in [6, 6.07) is 10.7. The van der Waals surface area contributed by atoms with Gasteiger partial charge in [-0.15, -0.1) is 0 Å². The zero-order chi connectivity index (χ0) is 16.4. The molecule has 1 heterocycles. The maximum atomic E-state index is 12.5. The molecule has 122 valence electrons. The number of amides is 1. The predicted molar refractivity (Wildman–Crippen MR) is 93.5 cm³/mol. The first-order chi connectivity index (χ1) is 11.1. The molecule has 1 aliphatic carbocycles. The molecule has 1 saturated carbocycles. The lowest BCUT2D eigenvalue weighted by atomic mass is 10.2. The van der Waals surface area contributed by atoms with Crippen molar-refractivity contribution < 1.29 is 4.79 Å². The summed E-state index contributed by atoms with van der Waals surface area (Å²) in [6.07, 6.45) is 4.19. The Balaban J connectivity index is 1.72. The molecule has 1 aromatic heterocycles. The Bertz CT molecular complexity index is 733. The molecule has 1 aromatic carbocycles. The van der Waals surface area contributed by atoms with Crippen molar-refractivity contribution in [1.82, 2.24) is 19.8 Å². The third-order valence-corrected chi connectivity index (χ3v) is 4.70. The lowest BCUT2D eigenvalue weighted by molar-refractivity contribution is 0.0932. The van der Waals surface area contributed by atoms with Gasteiger partial charge in [0.15, 0.2) is 4.77 Å². The number of imidazole rings is 1. The number of rotatable bonds is 6. The van der Waals surface area contributed by atoms with Crippen molar-refractivity contribution in [3.63, 3.8) is 0 Å². The number of aromatic nitrogens is 2. The van der Waals surface area contributed by atoms with Crippen LogP contribution in [-0.4, -0.2) is 46.0 Å². The van der Waals surface area contributed by atoms with Gasteiger partial charge >= 0.3 is 0 Å². The van der Waals surface area contributed by atoms with Crippen LogP contribution in [0.3, 0.4) is 0 Å². The highest BCUT2D eigenvalue weighted by Gasteiger charge is 2.29. The molecular formula is C17H22N4OS. The van der Waals surface area contributed by atoms with Crippen LogP contribution in [0.5, 0.6) is 0 Å². The fourth-order valence-electron chi connectivity index (χ4n) is 2.69. The molecule has 1 fully saturated rings. The van der Waals surface area contributed by atoms with Gasteiger partial charge in [0.05, 0.1) is 0 Å². The highest BCUT2D eigenvalue weighted by Crippen LogP contribution is 2.26. The molecule has 2 aromatic rings. The lowest BCUT2D eigenvalue weighted by Gasteiger charge is -2.24. The van der Waals surface area contributed by atoms with E-state index >= 15 is 0 Å². The zero-order valence-electron chi connectivity index (χ0n) is 13.5. The average molecular weight is 330 g/mol. The van der Waals surface area contributed by atoms with Crippen LogP contribution < -0.4 is 5.32 Å². The predicted octanol–water partition coefficient (Wildman–Crippen LogP) is 2.75. The van der Waals surface area contributed by atoms with Gasteiger partial charge in [-0.3, -0.25) is 14.3 Å².